The van der Waals surface area contributed by atoms with Crippen LogP contribution in [-0.2, 0) is 0 Å². The van der Waals surface area contributed by atoms with E-state index in [1.807, 2.05) is 12.2 Å². The van der Waals surface area contributed by atoms with Crippen molar-refractivity contribution in [3.63, 3.8) is 0 Å². The normalized spacial score (nSPS) is 21.9. The Morgan fingerprint density at radius 3 is 3.36 bits per heavy atom. The monoisotopic (exact) mass is 191 g/mol. The molecule has 0 spiro atoms. The van der Waals surface area contributed by atoms with Gasteiger partial charge in [0.1, 0.15) is 0 Å². The molecule has 0 aliphatic carbocycles. The summed E-state index contributed by atoms with van der Waals surface area (Å²) in [6.07, 6.45) is 7.82. The van der Waals surface area contributed by atoms with Crippen molar-refractivity contribution in [2.24, 2.45) is 5.29 Å². The molecule has 0 saturated carbocycles. The minimum Gasteiger partial charge on any atom is -0.264 e. The van der Waals surface area contributed by atoms with Crippen molar-refractivity contribution < 1.29 is 1.37 Å². The van der Waals surface area contributed by atoms with E-state index < -0.39 is 0 Å². The van der Waals surface area contributed by atoms with Crippen LogP contribution in [0, 0.1) is 4.91 Å². The van der Waals surface area contributed by atoms with Crippen LogP contribution < -0.4 is 0 Å². The summed E-state index contributed by atoms with van der Waals surface area (Å²) in [4.78, 5) is 14.5. The quantitative estimate of drug-likeness (QED) is 0.531. The summed E-state index contributed by atoms with van der Waals surface area (Å²) in [7, 11) is 0. The molecule has 0 saturated heterocycles. The van der Waals surface area contributed by atoms with Gasteiger partial charge in [0.05, 0.1) is 19.2 Å². The first-order chi connectivity index (χ1) is 7.31. The van der Waals surface area contributed by atoms with Gasteiger partial charge in [-0.05, 0) is 18.0 Å². The zero-order valence-corrected chi connectivity index (χ0v) is 7.63. The Morgan fingerprint density at radius 1 is 1.64 bits per heavy atom. The fourth-order valence-electron chi connectivity index (χ4n) is 1.57. The standard InChI is InChI=1S/C10H11N3O/c14-12-13-7-2-1-5-10(13)9-4-3-6-11-8-9/h1-4,6,8,10H,5,7H2/i3T. The van der Waals surface area contributed by atoms with E-state index in [0.29, 0.717) is 12.6 Å². The number of pyridine rings is 1. The average Bonchev–Trinajstić information content (AvgIpc) is 2.29. The van der Waals surface area contributed by atoms with Gasteiger partial charge in [-0.1, -0.05) is 18.2 Å². The van der Waals surface area contributed by atoms with Crippen LogP contribution in [0.25, 0.3) is 0 Å². The fourth-order valence-corrected chi connectivity index (χ4v) is 1.57. The number of hydrogen-bond donors (Lipinski definition) is 0. The third-order valence-electron chi connectivity index (χ3n) is 2.29. The second-order valence-corrected chi connectivity index (χ2v) is 3.14. The molecule has 1 aromatic heterocycles. The highest BCUT2D eigenvalue weighted by Crippen LogP contribution is 2.26. The van der Waals surface area contributed by atoms with Crippen LogP contribution in [0.15, 0.2) is 41.9 Å². The Bertz CT molecular complexity index is 394. The summed E-state index contributed by atoms with van der Waals surface area (Å²) in [5.74, 6) is 0. The van der Waals surface area contributed by atoms with Gasteiger partial charge in [-0.25, -0.2) is 5.01 Å². The second-order valence-electron chi connectivity index (χ2n) is 3.14. The number of nitroso groups, excluding NO2 is 1. The maximum atomic E-state index is 10.6. The zero-order valence-electron chi connectivity index (χ0n) is 8.63. The molecular formula is C10H11N3O. The van der Waals surface area contributed by atoms with Crippen molar-refractivity contribution in [1.82, 2.24) is 9.99 Å². The van der Waals surface area contributed by atoms with Crippen molar-refractivity contribution in [1.29, 1.82) is 0 Å². The lowest BCUT2D eigenvalue weighted by atomic mass is 10.0. The molecule has 1 atom stereocenters. The van der Waals surface area contributed by atoms with E-state index >= 15 is 0 Å². The zero-order chi connectivity index (χ0) is 10.7. The van der Waals surface area contributed by atoms with Gasteiger partial charge < -0.3 is 0 Å². The summed E-state index contributed by atoms with van der Waals surface area (Å²) < 4.78 is 7.47. The first-order valence-corrected chi connectivity index (χ1v) is 4.47. The number of rotatable bonds is 2. The molecule has 0 bridgehead atoms. The van der Waals surface area contributed by atoms with E-state index in [9.17, 15) is 4.91 Å². The maximum absolute atomic E-state index is 10.6. The molecule has 0 N–H and O–H groups in total. The van der Waals surface area contributed by atoms with E-state index in [2.05, 4.69) is 10.3 Å². The Kier molecular flexibility index (Phi) is 2.19. The summed E-state index contributed by atoms with van der Waals surface area (Å²) in [5, 5.41) is 4.45. The van der Waals surface area contributed by atoms with Gasteiger partial charge in [-0.15, -0.1) is 4.91 Å². The topological polar surface area (TPSA) is 45.6 Å². The van der Waals surface area contributed by atoms with Crippen molar-refractivity contribution in [2.75, 3.05) is 6.54 Å². The van der Waals surface area contributed by atoms with Crippen LogP contribution in [-0.4, -0.2) is 16.5 Å². The average molecular weight is 191 g/mol. The smallest absolute Gasteiger partial charge is 0.0804 e. The molecule has 1 unspecified atom stereocenters. The number of hydrogen-bond acceptors (Lipinski definition) is 3. The summed E-state index contributed by atoms with van der Waals surface area (Å²) in [6.45, 7) is 0.524. The third-order valence-corrected chi connectivity index (χ3v) is 2.29. The van der Waals surface area contributed by atoms with Gasteiger partial charge in [0.2, 0.25) is 0 Å². The highest BCUT2D eigenvalue weighted by molar-refractivity contribution is 5.16. The van der Waals surface area contributed by atoms with E-state index in [1.165, 1.54) is 11.2 Å². The van der Waals surface area contributed by atoms with Crippen molar-refractivity contribution in [2.45, 2.75) is 12.5 Å². The molecule has 2 heterocycles. The lowest BCUT2D eigenvalue weighted by Crippen LogP contribution is -2.25. The van der Waals surface area contributed by atoms with Gasteiger partial charge in [0, 0.05) is 12.4 Å². The first kappa shape index (κ1) is 7.67. The van der Waals surface area contributed by atoms with Crippen molar-refractivity contribution in [3.05, 3.63) is 47.1 Å². The SMILES string of the molecule is [3H]c1cncc(C2CC=CCN2N=O)c1. The summed E-state index contributed by atoms with van der Waals surface area (Å²) in [6, 6.07) is 1.99. The van der Waals surface area contributed by atoms with E-state index in [0.717, 1.165) is 12.0 Å². The lowest BCUT2D eigenvalue weighted by molar-refractivity contribution is 0.216. The second kappa shape index (κ2) is 4.00. The predicted octanol–water partition coefficient (Wildman–Crippen LogP) is 2.07. The van der Waals surface area contributed by atoms with E-state index in [1.54, 1.807) is 12.3 Å². The third kappa shape index (κ3) is 1.64. The van der Waals surface area contributed by atoms with Crippen LogP contribution in [0.3, 0.4) is 0 Å². The predicted molar refractivity (Wildman–Crippen MR) is 53.2 cm³/mol. The number of nitrogens with zero attached hydrogens (tertiary/aromatic N) is 3. The molecule has 72 valence electrons. The Morgan fingerprint density at radius 2 is 2.57 bits per heavy atom. The van der Waals surface area contributed by atoms with E-state index in [4.69, 9.17) is 1.37 Å². The number of aromatic nitrogens is 1. The molecule has 4 nitrogen and oxygen atoms in total. The van der Waals surface area contributed by atoms with Crippen LogP contribution in [0.2, 0.25) is 0 Å². The van der Waals surface area contributed by atoms with Gasteiger partial charge in [0.25, 0.3) is 0 Å². The minimum atomic E-state index is -0.0784. The van der Waals surface area contributed by atoms with Crippen LogP contribution in [0.4, 0.5) is 0 Å². The molecule has 0 radical (unpaired) electrons. The van der Waals surface area contributed by atoms with Crippen molar-refractivity contribution >= 4 is 0 Å². The van der Waals surface area contributed by atoms with Gasteiger partial charge >= 0.3 is 0 Å². The maximum Gasteiger partial charge on any atom is 0.0804 e. The molecule has 2 rings (SSSR count). The van der Waals surface area contributed by atoms with Gasteiger partial charge in [0.15, 0.2) is 0 Å². The van der Waals surface area contributed by atoms with Crippen LogP contribution in [0.5, 0.6) is 0 Å². The molecule has 1 aromatic rings. The molecule has 0 amide bonds. The molecular weight excluding hydrogens is 178 g/mol. The van der Waals surface area contributed by atoms with E-state index in [-0.39, 0.29) is 6.04 Å². The van der Waals surface area contributed by atoms with Gasteiger partial charge in [-0.3, -0.25) is 4.98 Å². The molecule has 1 aliphatic rings. The van der Waals surface area contributed by atoms with Gasteiger partial charge in [-0.2, -0.15) is 0 Å². The Balaban J connectivity index is 2.28. The molecule has 0 aromatic carbocycles. The highest BCUT2D eigenvalue weighted by atomic mass is 16.3. The summed E-state index contributed by atoms with van der Waals surface area (Å²) in [5.41, 5.74) is 0.867. The Labute approximate surface area is 83.6 Å². The summed E-state index contributed by atoms with van der Waals surface area (Å²) >= 11 is 0. The van der Waals surface area contributed by atoms with Crippen LogP contribution in [0.1, 0.15) is 19.4 Å². The molecule has 4 heteroatoms. The largest absolute Gasteiger partial charge is 0.264 e. The molecule has 14 heavy (non-hydrogen) atoms. The highest BCUT2D eigenvalue weighted by Gasteiger charge is 2.20. The van der Waals surface area contributed by atoms with Crippen molar-refractivity contribution in [3.8, 4) is 0 Å². The lowest BCUT2D eigenvalue weighted by Gasteiger charge is -2.27. The first-order valence-electron chi connectivity index (χ1n) is 4.97. The van der Waals surface area contributed by atoms with Crippen LogP contribution >= 0.6 is 0 Å². The Hall–Kier alpha value is -1.71. The molecule has 0 fully saturated rings. The molecule has 1 aliphatic heterocycles. The fraction of sp³-hybridized carbons (Fsp3) is 0.300. The minimum absolute atomic E-state index is 0.0784.